The molecule has 24 heavy (non-hydrogen) atoms. The maximum Gasteiger partial charge on any atom is 0.255 e. The Balaban J connectivity index is 1.78. The SMILES string of the molecule is COc1ccc(CN2CCc3nc(C(C)C)[nH]c(=O)c3C2)cc1C. The number of fused-ring (bicyclic) bond motifs is 1. The second kappa shape index (κ2) is 6.77. The zero-order valence-electron chi connectivity index (χ0n) is 14.8. The van der Waals surface area contributed by atoms with Crippen LogP contribution in [-0.2, 0) is 19.5 Å². The van der Waals surface area contributed by atoms with E-state index in [9.17, 15) is 4.79 Å². The molecule has 0 amide bonds. The lowest BCUT2D eigenvalue weighted by Crippen LogP contribution is -2.36. The molecule has 3 rings (SSSR count). The highest BCUT2D eigenvalue weighted by Crippen LogP contribution is 2.22. The van der Waals surface area contributed by atoms with E-state index < -0.39 is 0 Å². The third-order valence-corrected chi connectivity index (χ3v) is 4.58. The number of aromatic nitrogens is 2. The van der Waals surface area contributed by atoms with Crippen LogP contribution in [0.5, 0.6) is 5.75 Å². The predicted molar refractivity (Wildman–Crippen MR) is 94.5 cm³/mol. The summed E-state index contributed by atoms with van der Waals surface area (Å²) in [5, 5.41) is 0. The highest BCUT2D eigenvalue weighted by atomic mass is 16.5. The van der Waals surface area contributed by atoms with E-state index in [2.05, 4.69) is 33.9 Å². The number of aryl methyl sites for hydroxylation is 1. The number of nitrogens with one attached hydrogen (secondary N) is 1. The number of aromatic amines is 1. The standard InChI is InChI=1S/C19H25N3O2/c1-12(2)18-20-16-7-8-22(11-15(16)19(23)21-18)10-14-5-6-17(24-4)13(3)9-14/h5-6,9,12H,7-8,10-11H2,1-4H3,(H,20,21,23). The molecule has 5 nitrogen and oxygen atoms in total. The minimum Gasteiger partial charge on any atom is -0.496 e. The van der Waals surface area contributed by atoms with Gasteiger partial charge in [-0.15, -0.1) is 0 Å². The van der Waals surface area contributed by atoms with Crippen LogP contribution in [0.25, 0.3) is 0 Å². The Morgan fingerprint density at radius 3 is 2.83 bits per heavy atom. The van der Waals surface area contributed by atoms with E-state index in [4.69, 9.17) is 4.74 Å². The minimum absolute atomic E-state index is 0.0133. The van der Waals surface area contributed by atoms with E-state index in [-0.39, 0.29) is 11.5 Å². The minimum atomic E-state index is 0.0133. The fraction of sp³-hybridized carbons (Fsp3) is 0.474. The van der Waals surface area contributed by atoms with Crippen LogP contribution in [0.4, 0.5) is 0 Å². The first-order valence-corrected chi connectivity index (χ1v) is 8.45. The molecule has 2 aromatic rings. The Bertz CT molecular complexity index is 796. The van der Waals surface area contributed by atoms with Crippen LogP contribution in [0.15, 0.2) is 23.0 Å². The molecule has 0 spiro atoms. The topological polar surface area (TPSA) is 58.2 Å². The first-order valence-electron chi connectivity index (χ1n) is 8.45. The van der Waals surface area contributed by atoms with Crippen molar-refractivity contribution in [1.82, 2.24) is 14.9 Å². The molecule has 0 atom stereocenters. The summed E-state index contributed by atoms with van der Waals surface area (Å²) in [6.07, 6.45) is 0.827. The number of benzene rings is 1. The largest absolute Gasteiger partial charge is 0.496 e. The molecule has 1 aliphatic heterocycles. The Labute approximate surface area is 142 Å². The van der Waals surface area contributed by atoms with Crippen LogP contribution in [0.2, 0.25) is 0 Å². The molecular formula is C19H25N3O2. The molecule has 0 aliphatic carbocycles. The third kappa shape index (κ3) is 3.36. The second-order valence-electron chi connectivity index (χ2n) is 6.80. The number of rotatable bonds is 4. The average molecular weight is 327 g/mol. The summed E-state index contributed by atoms with van der Waals surface area (Å²) in [7, 11) is 1.69. The van der Waals surface area contributed by atoms with Gasteiger partial charge in [0.1, 0.15) is 11.6 Å². The van der Waals surface area contributed by atoms with Gasteiger partial charge in [0, 0.05) is 32.0 Å². The smallest absolute Gasteiger partial charge is 0.255 e. The van der Waals surface area contributed by atoms with E-state index in [1.165, 1.54) is 5.56 Å². The van der Waals surface area contributed by atoms with Gasteiger partial charge in [0.15, 0.2) is 0 Å². The number of ether oxygens (including phenoxy) is 1. The normalized spacial score (nSPS) is 14.7. The Morgan fingerprint density at radius 1 is 1.38 bits per heavy atom. The average Bonchev–Trinajstić information content (AvgIpc) is 2.55. The van der Waals surface area contributed by atoms with Crippen molar-refractivity contribution in [3.8, 4) is 5.75 Å². The molecule has 128 valence electrons. The number of hydrogen-bond acceptors (Lipinski definition) is 4. The molecule has 1 aliphatic rings. The molecular weight excluding hydrogens is 302 g/mol. The van der Waals surface area contributed by atoms with Gasteiger partial charge in [0.2, 0.25) is 0 Å². The van der Waals surface area contributed by atoms with Crippen molar-refractivity contribution in [2.45, 2.75) is 46.2 Å². The molecule has 1 N–H and O–H groups in total. The van der Waals surface area contributed by atoms with Crippen LogP contribution < -0.4 is 10.3 Å². The van der Waals surface area contributed by atoms with Gasteiger partial charge in [-0.25, -0.2) is 4.98 Å². The summed E-state index contributed by atoms with van der Waals surface area (Å²) >= 11 is 0. The molecule has 0 bridgehead atoms. The molecule has 0 unspecified atom stereocenters. The van der Waals surface area contributed by atoms with Crippen LogP contribution in [0.1, 0.15) is 48.0 Å². The number of nitrogens with zero attached hydrogens (tertiary/aromatic N) is 2. The molecule has 1 aromatic heterocycles. The third-order valence-electron chi connectivity index (χ3n) is 4.58. The summed E-state index contributed by atoms with van der Waals surface area (Å²) in [6, 6.07) is 6.25. The Morgan fingerprint density at radius 2 is 2.17 bits per heavy atom. The summed E-state index contributed by atoms with van der Waals surface area (Å²) < 4.78 is 5.32. The van der Waals surface area contributed by atoms with Crippen molar-refractivity contribution in [3.05, 3.63) is 56.8 Å². The van der Waals surface area contributed by atoms with Crippen LogP contribution >= 0.6 is 0 Å². The van der Waals surface area contributed by atoms with Crippen molar-refractivity contribution < 1.29 is 4.74 Å². The molecule has 5 heteroatoms. The lowest BCUT2D eigenvalue weighted by atomic mass is 10.0. The van der Waals surface area contributed by atoms with Gasteiger partial charge in [0.05, 0.1) is 18.4 Å². The summed E-state index contributed by atoms with van der Waals surface area (Å²) in [5.41, 5.74) is 4.16. The first-order chi connectivity index (χ1) is 11.5. The van der Waals surface area contributed by atoms with E-state index in [0.29, 0.717) is 6.54 Å². The maximum atomic E-state index is 12.4. The summed E-state index contributed by atoms with van der Waals surface area (Å²) in [5.74, 6) is 1.94. The molecule has 0 saturated heterocycles. The fourth-order valence-corrected chi connectivity index (χ4v) is 3.21. The van der Waals surface area contributed by atoms with Gasteiger partial charge < -0.3 is 9.72 Å². The van der Waals surface area contributed by atoms with Gasteiger partial charge in [-0.2, -0.15) is 0 Å². The Kier molecular flexibility index (Phi) is 4.71. The van der Waals surface area contributed by atoms with Crippen LogP contribution in [-0.4, -0.2) is 28.5 Å². The quantitative estimate of drug-likeness (QED) is 0.938. The number of H-pyrrole nitrogens is 1. The van der Waals surface area contributed by atoms with Crippen LogP contribution in [0, 0.1) is 6.92 Å². The van der Waals surface area contributed by atoms with Crippen molar-refractivity contribution in [2.75, 3.05) is 13.7 Å². The number of hydrogen-bond donors (Lipinski definition) is 1. The van der Waals surface area contributed by atoms with Gasteiger partial charge in [-0.05, 0) is 24.1 Å². The lowest BCUT2D eigenvalue weighted by Gasteiger charge is -2.28. The van der Waals surface area contributed by atoms with Crippen LogP contribution in [0.3, 0.4) is 0 Å². The van der Waals surface area contributed by atoms with Crippen molar-refractivity contribution in [3.63, 3.8) is 0 Å². The second-order valence-corrected chi connectivity index (χ2v) is 6.80. The molecule has 0 saturated carbocycles. The molecule has 2 heterocycles. The molecule has 0 radical (unpaired) electrons. The van der Waals surface area contributed by atoms with Crippen molar-refractivity contribution in [2.24, 2.45) is 0 Å². The van der Waals surface area contributed by atoms with Crippen molar-refractivity contribution >= 4 is 0 Å². The zero-order chi connectivity index (χ0) is 17.3. The summed E-state index contributed by atoms with van der Waals surface area (Å²) in [6.45, 7) is 8.55. The van der Waals surface area contributed by atoms with Gasteiger partial charge >= 0.3 is 0 Å². The highest BCUT2D eigenvalue weighted by Gasteiger charge is 2.21. The first kappa shape index (κ1) is 16.7. The van der Waals surface area contributed by atoms with Gasteiger partial charge in [-0.3, -0.25) is 9.69 Å². The van der Waals surface area contributed by atoms with Gasteiger partial charge in [0.25, 0.3) is 5.56 Å². The van der Waals surface area contributed by atoms with E-state index in [1.807, 2.05) is 19.9 Å². The van der Waals surface area contributed by atoms with E-state index in [1.54, 1.807) is 7.11 Å². The van der Waals surface area contributed by atoms with Crippen molar-refractivity contribution in [1.29, 1.82) is 0 Å². The fourth-order valence-electron chi connectivity index (χ4n) is 3.21. The Hall–Kier alpha value is -2.14. The lowest BCUT2D eigenvalue weighted by molar-refractivity contribution is 0.241. The zero-order valence-corrected chi connectivity index (χ0v) is 14.8. The van der Waals surface area contributed by atoms with Gasteiger partial charge in [-0.1, -0.05) is 26.0 Å². The number of methoxy groups -OCH3 is 1. The molecule has 1 aromatic carbocycles. The molecule has 0 fully saturated rings. The van der Waals surface area contributed by atoms with E-state index >= 15 is 0 Å². The monoisotopic (exact) mass is 327 g/mol. The maximum absolute atomic E-state index is 12.4. The highest BCUT2D eigenvalue weighted by molar-refractivity contribution is 5.36. The predicted octanol–water partition coefficient (Wildman–Crippen LogP) is 2.77. The van der Waals surface area contributed by atoms with E-state index in [0.717, 1.165) is 47.9 Å². The summed E-state index contributed by atoms with van der Waals surface area (Å²) in [4.78, 5) is 22.3.